The molecule has 0 aliphatic carbocycles. The SMILES string of the molecule is CC(NC(=O)CCc1nc2cccnc2n1Cc1ccc(F)c(F)c1)c1ccc(N2CCCC2)cc1.O. The molecule has 0 saturated carbocycles. The number of nitrogens with one attached hydrogen (secondary N) is 1. The van der Waals surface area contributed by atoms with Gasteiger partial charge < -0.3 is 20.3 Å². The lowest BCUT2D eigenvalue weighted by Gasteiger charge is -2.19. The second-order valence-corrected chi connectivity index (χ2v) is 9.28. The Morgan fingerprint density at radius 2 is 1.81 bits per heavy atom. The number of hydrogen-bond acceptors (Lipinski definition) is 4. The first-order valence-corrected chi connectivity index (χ1v) is 12.4. The van der Waals surface area contributed by atoms with E-state index in [1.54, 1.807) is 18.3 Å². The average molecular weight is 508 g/mol. The third-order valence-electron chi connectivity index (χ3n) is 6.72. The Labute approximate surface area is 214 Å². The van der Waals surface area contributed by atoms with Gasteiger partial charge in [0.1, 0.15) is 11.3 Å². The van der Waals surface area contributed by atoms with Gasteiger partial charge in [0.25, 0.3) is 0 Å². The number of rotatable bonds is 8. The molecule has 0 spiro atoms. The maximum atomic E-state index is 13.8. The molecule has 37 heavy (non-hydrogen) atoms. The van der Waals surface area contributed by atoms with Crippen molar-refractivity contribution in [1.29, 1.82) is 0 Å². The summed E-state index contributed by atoms with van der Waals surface area (Å²) in [5, 5.41) is 3.08. The second kappa shape index (κ2) is 11.5. The number of amides is 1. The zero-order chi connectivity index (χ0) is 25.1. The standard InChI is InChI=1S/C28H29F2N5O.H2O/c1-19(21-7-9-22(10-8-21)34-15-2-3-16-34)32-27(36)13-12-26-33-25-5-4-14-31-28(25)35(26)18-20-6-11-23(29)24(30)17-20;/h4-11,14,17,19H,2-3,12-13,15-16,18H2,1H3,(H,32,36);1H2. The zero-order valence-corrected chi connectivity index (χ0v) is 20.8. The van der Waals surface area contributed by atoms with Gasteiger partial charge in [-0.05, 0) is 67.3 Å². The average Bonchev–Trinajstić information content (AvgIpc) is 3.54. The summed E-state index contributed by atoms with van der Waals surface area (Å²) in [6.45, 7) is 4.45. The minimum atomic E-state index is -0.895. The van der Waals surface area contributed by atoms with Gasteiger partial charge in [0.15, 0.2) is 17.3 Å². The van der Waals surface area contributed by atoms with Crippen molar-refractivity contribution in [2.24, 2.45) is 0 Å². The number of benzene rings is 2. The molecule has 4 aromatic rings. The minimum Gasteiger partial charge on any atom is -0.412 e. The van der Waals surface area contributed by atoms with Gasteiger partial charge in [0, 0.05) is 37.8 Å². The molecule has 194 valence electrons. The highest BCUT2D eigenvalue weighted by Crippen LogP contribution is 2.23. The lowest BCUT2D eigenvalue weighted by atomic mass is 10.1. The Hall–Kier alpha value is -3.85. The predicted molar refractivity (Wildman–Crippen MR) is 139 cm³/mol. The van der Waals surface area contributed by atoms with Gasteiger partial charge in [-0.15, -0.1) is 0 Å². The molecular formula is C28H31F2N5O2. The van der Waals surface area contributed by atoms with Gasteiger partial charge in [-0.3, -0.25) is 4.79 Å². The molecule has 1 fully saturated rings. The molecule has 3 N–H and O–H groups in total. The first-order valence-electron chi connectivity index (χ1n) is 12.4. The minimum absolute atomic E-state index is 0. The normalized spacial score (nSPS) is 14.0. The maximum Gasteiger partial charge on any atom is 0.220 e. The molecule has 1 unspecified atom stereocenters. The third-order valence-corrected chi connectivity index (χ3v) is 6.72. The van der Waals surface area contributed by atoms with Crippen molar-refractivity contribution in [1.82, 2.24) is 19.9 Å². The number of nitrogens with zero attached hydrogens (tertiary/aromatic N) is 4. The van der Waals surface area contributed by atoms with Gasteiger partial charge in [0.05, 0.1) is 12.6 Å². The number of carbonyl (C=O) groups is 1. The summed E-state index contributed by atoms with van der Waals surface area (Å²) < 4.78 is 29.0. The summed E-state index contributed by atoms with van der Waals surface area (Å²) in [4.78, 5) is 24.2. The Bertz CT molecular complexity index is 1370. The maximum absolute atomic E-state index is 13.8. The fraction of sp³-hybridized carbons (Fsp3) is 0.321. The van der Waals surface area contributed by atoms with Crippen molar-refractivity contribution >= 4 is 22.8 Å². The molecule has 0 radical (unpaired) electrons. The molecular weight excluding hydrogens is 476 g/mol. The summed E-state index contributed by atoms with van der Waals surface area (Å²) in [5.41, 5.74) is 4.21. The van der Waals surface area contributed by atoms with Gasteiger partial charge in [-0.25, -0.2) is 18.7 Å². The lowest BCUT2D eigenvalue weighted by Crippen LogP contribution is -2.27. The van der Waals surface area contributed by atoms with E-state index < -0.39 is 11.6 Å². The van der Waals surface area contributed by atoms with Gasteiger partial charge in [-0.1, -0.05) is 18.2 Å². The number of hydrogen-bond donors (Lipinski definition) is 1. The van der Waals surface area contributed by atoms with E-state index in [1.165, 1.54) is 24.6 Å². The Morgan fingerprint density at radius 3 is 2.54 bits per heavy atom. The number of anilines is 1. The van der Waals surface area contributed by atoms with Crippen LogP contribution in [0.2, 0.25) is 0 Å². The Morgan fingerprint density at radius 1 is 1.05 bits per heavy atom. The number of halogens is 2. The first kappa shape index (κ1) is 26.2. The van der Waals surface area contributed by atoms with Crippen LogP contribution in [-0.2, 0) is 17.8 Å². The third kappa shape index (κ3) is 5.94. The van der Waals surface area contributed by atoms with Crippen molar-refractivity contribution in [3.63, 3.8) is 0 Å². The van der Waals surface area contributed by atoms with Crippen LogP contribution in [0.1, 0.15) is 49.2 Å². The highest BCUT2D eigenvalue weighted by molar-refractivity contribution is 5.77. The number of imidazole rings is 1. The smallest absolute Gasteiger partial charge is 0.220 e. The molecule has 5 rings (SSSR count). The van der Waals surface area contributed by atoms with Crippen LogP contribution in [0, 0.1) is 11.6 Å². The second-order valence-electron chi connectivity index (χ2n) is 9.28. The predicted octanol–water partition coefficient (Wildman–Crippen LogP) is 4.34. The Balaban J connectivity index is 0.00000320. The van der Waals surface area contributed by atoms with Crippen LogP contribution in [0.5, 0.6) is 0 Å². The summed E-state index contributed by atoms with van der Waals surface area (Å²) in [6.07, 6.45) is 4.78. The molecule has 2 aromatic carbocycles. The van der Waals surface area contributed by atoms with Crippen LogP contribution in [0.25, 0.3) is 11.2 Å². The van der Waals surface area contributed by atoms with Crippen LogP contribution in [0.3, 0.4) is 0 Å². The quantitative estimate of drug-likeness (QED) is 0.384. The number of aryl methyl sites for hydroxylation is 1. The van der Waals surface area contributed by atoms with Crippen molar-refractivity contribution in [3.05, 3.63) is 89.4 Å². The fourth-order valence-electron chi connectivity index (χ4n) is 4.75. The number of aromatic nitrogens is 3. The molecule has 1 amide bonds. The summed E-state index contributed by atoms with van der Waals surface area (Å²) in [5.74, 6) is -1.19. The molecule has 0 bridgehead atoms. The first-order chi connectivity index (χ1) is 17.5. The van der Waals surface area contributed by atoms with E-state index >= 15 is 0 Å². The van der Waals surface area contributed by atoms with Crippen molar-refractivity contribution < 1.29 is 19.1 Å². The topological polar surface area (TPSA) is 94.6 Å². The molecule has 1 aliphatic heterocycles. The van der Waals surface area contributed by atoms with Crippen LogP contribution >= 0.6 is 0 Å². The highest BCUT2D eigenvalue weighted by Gasteiger charge is 2.17. The molecule has 1 aliphatic rings. The molecule has 7 nitrogen and oxygen atoms in total. The summed E-state index contributed by atoms with van der Waals surface area (Å²) >= 11 is 0. The summed E-state index contributed by atoms with van der Waals surface area (Å²) in [6, 6.07) is 15.8. The number of carbonyl (C=O) groups excluding carboxylic acids is 1. The van der Waals surface area contributed by atoms with Crippen LogP contribution in [0.15, 0.2) is 60.8 Å². The van der Waals surface area contributed by atoms with Crippen molar-refractivity contribution in [2.75, 3.05) is 18.0 Å². The number of pyridine rings is 1. The van der Waals surface area contributed by atoms with Gasteiger partial charge in [0.2, 0.25) is 5.91 Å². The van der Waals surface area contributed by atoms with Crippen molar-refractivity contribution in [2.45, 2.75) is 45.2 Å². The van der Waals surface area contributed by atoms with Crippen LogP contribution in [-0.4, -0.2) is 39.0 Å². The highest BCUT2D eigenvalue weighted by atomic mass is 19.2. The molecule has 3 heterocycles. The van der Waals surface area contributed by atoms with E-state index in [1.807, 2.05) is 17.6 Å². The molecule has 2 aromatic heterocycles. The van der Waals surface area contributed by atoms with Crippen molar-refractivity contribution in [3.8, 4) is 0 Å². The monoisotopic (exact) mass is 507 g/mol. The largest absolute Gasteiger partial charge is 0.412 e. The van der Waals surface area contributed by atoms with Gasteiger partial charge >= 0.3 is 0 Å². The molecule has 9 heteroatoms. The van der Waals surface area contributed by atoms with Crippen LogP contribution in [0.4, 0.5) is 14.5 Å². The van der Waals surface area contributed by atoms with E-state index in [0.717, 1.165) is 24.7 Å². The van der Waals surface area contributed by atoms with E-state index in [-0.39, 0.29) is 30.4 Å². The molecule has 1 atom stereocenters. The number of fused-ring (bicyclic) bond motifs is 1. The van der Waals surface area contributed by atoms with E-state index in [4.69, 9.17) is 0 Å². The van der Waals surface area contributed by atoms with Crippen LogP contribution < -0.4 is 10.2 Å². The van der Waals surface area contributed by atoms with E-state index in [2.05, 4.69) is 44.5 Å². The van der Waals surface area contributed by atoms with Gasteiger partial charge in [-0.2, -0.15) is 0 Å². The van der Waals surface area contributed by atoms with E-state index in [9.17, 15) is 13.6 Å². The Kier molecular flexibility index (Phi) is 8.13. The lowest BCUT2D eigenvalue weighted by molar-refractivity contribution is -0.121. The van der Waals surface area contributed by atoms with E-state index in [0.29, 0.717) is 29.0 Å². The fourth-order valence-corrected chi connectivity index (χ4v) is 4.75. The summed E-state index contributed by atoms with van der Waals surface area (Å²) in [7, 11) is 0. The molecule has 1 saturated heterocycles. The zero-order valence-electron chi connectivity index (χ0n) is 20.8.